The number of nitrogens with one attached hydrogen (secondary N) is 1. The molecule has 0 aliphatic rings. The van der Waals surface area contributed by atoms with E-state index in [-0.39, 0.29) is 18.3 Å². The number of hydrogen-bond donors (Lipinski definition) is 1. The summed E-state index contributed by atoms with van der Waals surface area (Å²) >= 11 is 0. The van der Waals surface area contributed by atoms with Gasteiger partial charge in [0.25, 0.3) is 5.91 Å². The maximum Gasteiger partial charge on any atom is 0.255 e. The van der Waals surface area contributed by atoms with Crippen LogP contribution in [0, 0.1) is 24.6 Å². The number of amides is 1. The fourth-order valence-electron chi connectivity index (χ4n) is 2.36. The topological polar surface area (TPSA) is 46.9 Å². The smallest absolute Gasteiger partial charge is 0.255 e. The number of hydrogen-bond acceptors (Lipinski definition) is 2. The van der Waals surface area contributed by atoms with Crippen molar-refractivity contribution in [2.45, 2.75) is 6.92 Å². The number of carbonyl (C=O) groups is 1. The highest BCUT2D eigenvalue weighted by Gasteiger charge is 2.14. The third kappa shape index (κ3) is 3.93. The highest BCUT2D eigenvalue weighted by atomic mass is 19.1. The Hall–Kier alpha value is -3.39. The van der Waals surface area contributed by atoms with Crippen LogP contribution in [0.1, 0.15) is 21.6 Å². The molecule has 0 saturated carbocycles. The third-order valence-electron chi connectivity index (χ3n) is 3.67. The first-order chi connectivity index (χ1) is 12.1. The molecule has 1 amide bonds. The Labute approximate surface area is 145 Å². The minimum Gasteiger partial charge on any atom is -0.341 e. The lowest BCUT2D eigenvalue weighted by molar-refractivity contribution is 0.0958. The number of benzene rings is 2. The quantitative estimate of drug-likeness (QED) is 0.749. The molecular weight excluding hydrogens is 317 g/mol. The molecule has 1 aromatic heterocycles. The summed E-state index contributed by atoms with van der Waals surface area (Å²) in [7, 11) is 0. The monoisotopic (exact) mass is 333 g/mol. The average molecular weight is 333 g/mol. The number of nitrogens with zero attached hydrogens (tertiary/aromatic N) is 2. The second-order valence-electron chi connectivity index (χ2n) is 5.38. The molecule has 124 valence electrons. The molecule has 2 aromatic carbocycles. The van der Waals surface area contributed by atoms with E-state index in [0.717, 1.165) is 11.4 Å². The summed E-state index contributed by atoms with van der Waals surface area (Å²) in [6.45, 7) is 2.05. The van der Waals surface area contributed by atoms with Crippen molar-refractivity contribution in [3.8, 4) is 17.5 Å². The third-order valence-corrected chi connectivity index (χ3v) is 3.67. The van der Waals surface area contributed by atoms with Crippen LogP contribution in [0.4, 0.5) is 4.39 Å². The van der Waals surface area contributed by atoms with Crippen LogP contribution in [0.3, 0.4) is 0 Å². The van der Waals surface area contributed by atoms with E-state index in [1.54, 1.807) is 23.0 Å². The predicted octanol–water partition coefficient (Wildman–Crippen LogP) is 3.10. The van der Waals surface area contributed by atoms with Crippen LogP contribution < -0.4 is 5.32 Å². The zero-order chi connectivity index (χ0) is 17.6. The van der Waals surface area contributed by atoms with Gasteiger partial charge in [-0.05, 0) is 43.3 Å². The maximum atomic E-state index is 12.8. The van der Waals surface area contributed by atoms with Gasteiger partial charge in [-0.1, -0.05) is 30.0 Å². The van der Waals surface area contributed by atoms with Crippen LogP contribution in [-0.2, 0) is 0 Å². The van der Waals surface area contributed by atoms with Crippen molar-refractivity contribution in [3.05, 3.63) is 83.4 Å². The van der Waals surface area contributed by atoms with Crippen LogP contribution in [0.25, 0.3) is 5.69 Å². The lowest BCUT2D eigenvalue weighted by Crippen LogP contribution is -2.24. The summed E-state index contributed by atoms with van der Waals surface area (Å²) < 4.78 is 14.5. The summed E-state index contributed by atoms with van der Waals surface area (Å²) in [4.78, 5) is 12.3. The molecule has 0 aliphatic heterocycles. The first kappa shape index (κ1) is 16.5. The first-order valence-electron chi connectivity index (χ1n) is 7.78. The molecule has 0 fully saturated rings. The van der Waals surface area contributed by atoms with Gasteiger partial charge in [0.15, 0.2) is 0 Å². The van der Waals surface area contributed by atoms with Crippen molar-refractivity contribution in [2.75, 3.05) is 6.54 Å². The van der Waals surface area contributed by atoms with Gasteiger partial charge in [-0.2, -0.15) is 5.10 Å². The van der Waals surface area contributed by atoms with E-state index in [4.69, 9.17) is 0 Å². The van der Waals surface area contributed by atoms with Gasteiger partial charge in [-0.3, -0.25) is 4.79 Å². The lowest BCUT2D eigenvalue weighted by Gasteiger charge is -2.05. The average Bonchev–Trinajstić information content (AvgIpc) is 3.02. The van der Waals surface area contributed by atoms with Crippen molar-refractivity contribution in [3.63, 3.8) is 0 Å². The number of aromatic nitrogens is 2. The van der Waals surface area contributed by atoms with Crippen molar-refractivity contribution in [2.24, 2.45) is 0 Å². The zero-order valence-electron chi connectivity index (χ0n) is 13.7. The molecule has 1 heterocycles. The van der Waals surface area contributed by atoms with Gasteiger partial charge in [-0.25, -0.2) is 9.07 Å². The minimum absolute atomic E-state index is 0.201. The highest BCUT2D eigenvalue weighted by Crippen LogP contribution is 2.13. The second kappa shape index (κ2) is 7.45. The first-order valence-corrected chi connectivity index (χ1v) is 7.78. The molecule has 3 rings (SSSR count). The van der Waals surface area contributed by atoms with E-state index in [1.807, 2.05) is 37.3 Å². The van der Waals surface area contributed by atoms with Crippen LogP contribution in [0.15, 0.2) is 60.8 Å². The Kier molecular flexibility index (Phi) is 4.91. The largest absolute Gasteiger partial charge is 0.341 e. The number of carbonyl (C=O) groups excluding carboxylic acids is 1. The Morgan fingerprint density at radius 2 is 1.88 bits per heavy atom. The van der Waals surface area contributed by atoms with Crippen molar-refractivity contribution in [1.82, 2.24) is 15.1 Å². The Morgan fingerprint density at radius 1 is 1.16 bits per heavy atom. The highest BCUT2D eigenvalue weighted by molar-refractivity contribution is 5.95. The summed E-state index contributed by atoms with van der Waals surface area (Å²) in [5.41, 5.74) is 2.86. The van der Waals surface area contributed by atoms with Crippen LogP contribution >= 0.6 is 0 Å². The van der Waals surface area contributed by atoms with Gasteiger partial charge in [0.05, 0.1) is 29.7 Å². The normalized spacial score (nSPS) is 10.0. The molecule has 0 aliphatic carbocycles. The number of halogens is 1. The standard InChI is InChI=1S/C20H16FN3O/c1-15-19(14-23-24(15)18-7-3-2-4-8-18)20(25)22-13-5-6-16-9-11-17(21)12-10-16/h2-4,7-12,14H,13H2,1H3,(H,22,25). The van der Waals surface area contributed by atoms with Gasteiger partial charge in [0, 0.05) is 5.56 Å². The fraction of sp³-hybridized carbons (Fsp3) is 0.100. The molecule has 0 spiro atoms. The minimum atomic E-state index is -0.301. The molecule has 0 atom stereocenters. The zero-order valence-corrected chi connectivity index (χ0v) is 13.7. The molecule has 0 saturated heterocycles. The number of rotatable bonds is 3. The Balaban J connectivity index is 1.65. The maximum absolute atomic E-state index is 12.8. The number of para-hydroxylation sites is 1. The second-order valence-corrected chi connectivity index (χ2v) is 5.38. The summed E-state index contributed by atoms with van der Waals surface area (Å²) in [6, 6.07) is 15.5. The SMILES string of the molecule is Cc1c(C(=O)NCC#Cc2ccc(F)cc2)cnn1-c1ccccc1. The fourth-order valence-corrected chi connectivity index (χ4v) is 2.36. The Bertz CT molecular complexity index is 935. The van der Waals surface area contributed by atoms with Crippen molar-refractivity contribution >= 4 is 5.91 Å². The summed E-state index contributed by atoms with van der Waals surface area (Å²) in [6.07, 6.45) is 1.55. The summed E-state index contributed by atoms with van der Waals surface area (Å²) in [5.74, 6) is 5.19. The van der Waals surface area contributed by atoms with Crippen LogP contribution in [0.2, 0.25) is 0 Å². The summed E-state index contributed by atoms with van der Waals surface area (Å²) in [5, 5.41) is 7.02. The van der Waals surface area contributed by atoms with Crippen molar-refractivity contribution < 1.29 is 9.18 Å². The van der Waals surface area contributed by atoms with Crippen LogP contribution in [-0.4, -0.2) is 22.2 Å². The lowest BCUT2D eigenvalue weighted by atomic mass is 10.2. The van der Waals surface area contributed by atoms with E-state index in [9.17, 15) is 9.18 Å². The molecule has 1 N–H and O–H groups in total. The molecule has 3 aromatic rings. The van der Waals surface area contributed by atoms with Gasteiger partial charge in [-0.15, -0.1) is 0 Å². The molecule has 5 heteroatoms. The van der Waals surface area contributed by atoms with E-state index < -0.39 is 0 Å². The van der Waals surface area contributed by atoms with E-state index >= 15 is 0 Å². The van der Waals surface area contributed by atoms with Crippen molar-refractivity contribution in [1.29, 1.82) is 0 Å². The van der Waals surface area contributed by atoms with Gasteiger partial charge in [0.2, 0.25) is 0 Å². The van der Waals surface area contributed by atoms with E-state index in [2.05, 4.69) is 22.3 Å². The molecule has 0 bridgehead atoms. The van der Waals surface area contributed by atoms with Gasteiger partial charge in [0.1, 0.15) is 5.82 Å². The van der Waals surface area contributed by atoms with Gasteiger partial charge < -0.3 is 5.32 Å². The van der Waals surface area contributed by atoms with Crippen LogP contribution in [0.5, 0.6) is 0 Å². The molecule has 0 unspecified atom stereocenters. The van der Waals surface area contributed by atoms with E-state index in [0.29, 0.717) is 11.1 Å². The molecule has 4 nitrogen and oxygen atoms in total. The van der Waals surface area contributed by atoms with E-state index in [1.165, 1.54) is 12.1 Å². The Morgan fingerprint density at radius 3 is 2.60 bits per heavy atom. The van der Waals surface area contributed by atoms with Gasteiger partial charge >= 0.3 is 0 Å². The molecular formula is C20H16FN3O. The predicted molar refractivity (Wildman–Crippen MR) is 93.9 cm³/mol. The molecule has 0 radical (unpaired) electrons. The molecule has 25 heavy (non-hydrogen) atoms.